The average Bonchev–Trinajstić information content (AvgIpc) is 2.29. The van der Waals surface area contributed by atoms with Crippen LogP contribution in [0.2, 0.25) is 0 Å². The minimum absolute atomic E-state index is 0.00951. The van der Waals surface area contributed by atoms with Gasteiger partial charge >= 0.3 is 0 Å². The van der Waals surface area contributed by atoms with Gasteiger partial charge in [0.15, 0.2) is 0 Å². The van der Waals surface area contributed by atoms with Crippen molar-refractivity contribution in [1.82, 2.24) is 5.32 Å². The number of unbranched alkanes of at least 4 members (excludes halogenated alkanes) is 1. The third-order valence-electron chi connectivity index (χ3n) is 2.38. The fourth-order valence-electron chi connectivity index (χ4n) is 1.50. The molecule has 2 amide bonds. The van der Waals surface area contributed by atoms with Crippen LogP contribution in [0.1, 0.15) is 24.8 Å². The Hall–Kier alpha value is -1.84. The van der Waals surface area contributed by atoms with Crippen LogP contribution in [-0.4, -0.2) is 18.4 Å². The molecule has 0 aliphatic rings. The van der Waals surface area contributed by atoms with Crippen molar-refractivity contribution in [1.29, 1.82) is 0 Å². The van der Waals surface area contributed by atoms with Crippen molar-refractivity contribution in [3.05, 3.63) is 35.9 Å². The summed E-state index contributed by atoms with van der Waals surface area (Å²) >= 11 is 0. The molecule has 1 aromatic carbocycles. The first-order chi connectivity index (χ1) is 8.18. The van der Waals surface area contributed by atoms with Crippen LogP contribution in [0.15, 0.2) is 30.3 Å². The molecule has 4 nitrogen and oxygen atoms in total. The number of primary amides is 1. The highest BCUT2D eigenvalue weighted by atomic mass is 16.1. The lowest BCUT2D eigenvalue weighted by molar-refractivity contribution is -0.120. The van der Waals surface area contributed by atoms with Crippen LogP contribution in [0.5, 0.6) is 0 Å². The van der Waals surface area contributed by atoms with Gasteiger partial charge in [-0.1, -0.05) is 30.3 Å². The Balaban J connectivity index is 2.12. The maximum atomic E-state index is 11.5. The second kappa shape index (κ2) is 7.44. The predicted molar refractivity (Wildman–Crippen MR) is 66.2 cm³/mol. The van der Waals surface area contributed by atoms with Crippen molar-refractivity contribution < 1.29 is 9.59 Å². The lowest BCUT2D eigenvalue weighted by atomic mass is 10.1. The molecule has 4 heteroatoms. The van der Waals surface area contributed by atoms with E-state index in [1.165, 1.54) is 0 Å². The van der Waals surface area contributed by atoms with Crippen LogP contribution in [0.4, 0.5) is 0 Å². The molecule has 92 valence electrons. The number of nitrogens with one attached hydrogen (secondary N) is 1. The number of benzene rings is 1. The van der Waals surface area contributed by atoms with Gasteiger partial charge in [-0.2, -0.15) is 0 Å². The van der Waals surface area contributed by atoms with E-state index in [1.54, 1.807) is 0 Å². The third kappa shape index (κ3) is 6.35. The first-order valence-electron chi connectivity index (χ1n) is 5.77. The number of carbonyl (C=O) groups is 2. The molecule has 1 aromatic rings. The summed E-state index contributed by atoms with van der Waals surface area (Å²) in [7, 11) is 0. The van der Waals surface area contributed by atoms with Crippen LogP contribution in [0.3, 0.4) is 0 Å². The maximum Gasteiger partial charge on any atom is 0.224 e. The average molecular weight is 234 g/mol. The second-order valence-electron chi connectivity index (χ2n) is 3.94. The number of hydrogen-bond donors (Lipinski definition) is 2. The Labute approximate surface area is 101 Å². The zero-order valence-corrected chi connectivity index (χ0v) is 9.82. The van der Waals surface area contributed by atoms with E-state index in [9.17, 15) is 9.59 Å². The smallest absolute Gasteiger partial charge is 0.224 e. The van der Waals surface area contributed by atoms with Crippen molar-refractivity contribution in [3.63, 3.8) is 0 Å². The summed E-state index contributed by atoms with van der Waals surface area (Å²) in [4.78, 5) is 22.0. The van der Waals surface area contributed by atoms with Crippen molar-refractivity contribution in [2.75, 3.05) is 6.54 Å². The molecule has 0 aliphatic carbocycles. The van der Waals surface area contributed by atoms with Gasteiger partial charge in [-0.05, 0) is 18.4 Å². The van der Waals surface area contributed by atoms with Crippen LogP contribution in [0.25, 0.3) is 0 Å². The summed E-state index contributed by atoms with van der Waals surface area (Å²) in [6.45, 7) is 0.596. The molecule has 1 rings (SSSR count). The zero-order chi connectivity index (χ0) is 12.5. The number of hydrogen-bond acceptors (Lipinski definition) is 2. The molecule has 0 spiro atoms. The Morgan fingerprint density at radius 3 is 2.47 bits per heavy atom. The van der Waals surface area contributed by atoms with Crippen molar-refractivity contribution in [2.45, 2.75) is 25.7 Å². The highest BCUT2D eigenvalue weighted by Crippen LogP contribution is 1.99. The normalized spacial score (nSPS) is 9.88. The SMILES string of the molecule is NC(=O)CCCCNC(=O)Cc1ccccc1. The van der Waals surface area contributed by atoms with E-state index in [2.05, 4.69) is 5.32 Å². The highest BCUT2D eigenvalue weighted by Gasteiger charge is 2.02. The maximum absolute atomic E-state index is 11.5. The number of amides is 2. The van der Waals surface area contributed by atoms with Crippen LogP contribution in [0, 0.1) is 0 Å². The van der Waals surface area contributed by atoms with Gasteiger partial charge in [0.2, 0.25) is 11.8 Å². The van der Waals surface area contributed by atoms with Gasteiger partial charge in [0.05, 0.1) is 6.42 Å². The van der Waals surface area contributed by atoms with Gasteiger partial charge in [-0.15, -0.1) is 0 Å². The van der Waals surface area contributed by atoms with E-state index in [0.717, 1.165) is 18.4 Å². The second-order valence-corrected chi connectivity index (χ2v) is 3.94. The Morgan fingerprint density at radius 2 is 1.82 bits per heavy atom. The third-order valence-corrected chi connectivity index (χ3v) is 2.38. The summed E-state index contributed by atoms with van der Waals surface area (Å²) in [5.41, 5.74) is 6.01. The van der Waals surface area contributed by atoms with E-state index in [1.807, 2.05) is 30.3 Å². The van der Waals surface area contributed by atoms with Crippen molar-refractivity contribution in [3.8, 4) is 0 Å². The monoisotopic (exact) mass is 234 g/mol. The molecular formula is C13H18N2O2. The van der Waals surface area contributed by atoms with E-state index in [0.29, 0.717) is 19.4 Å². The Morgan fingerprint density at radius 1 is 1.12 bits per heavy atom. The van der Waals surface area contributed by atoms with Crippen molar-refractivity contribution in [2.24, 2.45) is 5.73 Å². The minimum atomic E-state index is -0.291. The first-order valence-corrected chi connectivity index (χ1v) is 5.77. The van der Waals surface area contributed by atoms with Gasteiger partial charge in [-0.25, -0.2) is 0 Å². The van der Waals surface area contributed by atoms with Crippen molar-refractivity contribution >= 4 is 11.8 Å². The Kier molecular flexibility index (Phi) is 5.79. The molecule has 0 saturated carbocycles. The highest BCUT2D eigenvalue weighted by molar-refractivity contribution is 5.78. The first kappa shape index (κ1) is 13.2. The standard InChI is InChI=1S/C13H18N2O2/c14-12(16)8-4-5-9-15-13(17)10-11-6-2-1-3-7-11/h1-3,6-7H,4-5,8-10H2,(H2,14,16)(H,15,17). The quantitative estimate of drug-likeness (QED) is 0.691. The van der Waals surface area contributed by atoms with Gasteiger partial charge in [-0.3, -0.25) is 9.59 Å². The fourth-order valence-corrected chi connectivity index (χ4v) is 1.50. The number of nitrogens with two attached hydrogens (primary N) is 1. The molecule has 0 fully saturated rings. The van der Waals surface area contributed by atoms with E-state index < -0.39 is 0 Å². The van der Waals surface area contributed by atoms with E-state index >= 15 is 0 Å². The lowest BCUT2D eigenvalue weighted by Gasteiger charge is -2.04. The number of carbonyl (C=O) groups excluding carboxylic acids is 2. The van der Waals surface area contributed by atoms with Crippen LogP contribution >= 0.6 is 0 Å². The van der Waals surface area contributed by atoms with Gasteiger partial charge in [0.1, 0.15) is 0 Å². The predicted octanol–water partition coefficient (Wildman–Crippen LogP) is 1.00. The molecule has 0 aromatic heterocycles. The molecule has 0 bridgehead atoms. The van der Waals surface area contributed by atoms with Gasteiger partial charge < -0.3 is 11.1 Å². The largest absolute Gasteiger partial charge is 0.370 e. The van der Waals surface area contributed by atoms with Crippen LogP contribution in [-0.2, 0) is 16.0 Å². The van der Waals surface area contributed by atoms with Gasteiger partial charge in [0.25, 0.3) is 0 Å². The summed E-state index contributed by atoms with van der Waals surface area (Å²) < 4.78 is 0. The fraction of sp³-hybridized carbons (Fsp3) is 0.385. The molecule has 0 radical (unpaired) electrons. The summed E-state index contributed by atoms with van der Waals surface area (Å²) in [6, 6.07) is 9.59. The van der Waals surface area contributed by atoms with E-state index in [4.69, 9.17) is 5.73 Å². The molecule has 3 N–H and O–H groups in total. The molecule has 0 atom stereocenters. The molecule has 0 heterocycles. The van der Waals surface area contributed by atoms with E-state index in [-0.39, 0.29) is 11.8 Å². The molecule has 0 saturated heterocycles. The summed E-state index contributed by atoms with van der Waals surface area (Å²) in [5, 5.41) is 2.81. The lowest BCUT2D eigenvalue weighted by Crippen LogP contribution is -2.26. The van der Waals surface area contributed by atoms with Gasteiger partial charge in [0, 0.05) is 13.0 Å². The molecule has 0 unspecified atom stereocenters. The summed E-state index contributed by atoms with van der Waals surface area (Å²) in [6.07, 6.45) is 2.29. The van der Waals surface area contributed by atoms with Crippen LogP contribution < -0.4 is 11.1 Å². The topological polar surface area (TPSA) is 72.2 Å². The Bertz CT molecular complexity index is 363. The molecule has 0 aliphatic heterocycles. The molecule has 17 heavy (non-hydrogen) atoms. The zero-order valence-electron chi connectivity index (χ0n) is 9.82. The number of rotatable bonds is 7. The molecular weight excluding hydrogens is 216 g/mol. The minimum Gasteiger partial charge on any atom is -0.370 e. The summed E-state index contributed by atoms with van der Waals surface area (Å²) in [5.74, 6) is -0.282.